The molecule has 0 bridgehead atoms. The molecule has 0 rings (SSSR count). The van der Waals surface area contributed by atoms with E-state index < -0.39 is 0 Å². The molecule has 0 aromatic carbocycles. The van der Waals surface area contributed by atoms with Gasteiger partial charge in [0.2, 0.25) is 0 Å². The van der Waals surface area contributed by atoms with E-state index in [2.05, 4.69) is 0 Å². The predicted molar refractivity (Wildman–Crippen MR) is 5.98 cm³/mol. The molecule has 1 nitrogen and oxygen atoms in total. The SMILES string of the molecule is [Ce+3].[F-].[F-].[F-].[F-].[NH4+]. The third-order valence-electron chi connectivity index (χ3n) is 0. The minimum atomic E-state index is 0. The first-order valence-electron chi connectivity index (χ1n) is 0. The molecule has 0 aromatic rings. The average molecular weight is 234 g/mol. The first-order chi connectivity index (χ1) is 0. The minimum absolute atomic E-state index is 0. The Balaban J connectivity index is 0. The second-order valence-electron chi connectivity index (χ2n) is 0. The van der Waals surface area contributed by atoms with E-state index in [-0.39, 0.29) is 66.7 Å². The molecular formula is H4CeF4N. The van der Waals surface area contributed by atoms with Crippen LogP contribution in [0.3, 0.4) is 0 Å². The van der Waals surface area contributed by atoms with Gasteiger partial charge in [0.05, 0.1) is 0 Å². The van der Waals surface area contributed by atoms with Crippen LogP contribution in [0.1, 0.15) is 0 Å². The van der Waals surface area contributed by atoms with Crippen molar-refractivity contribution in [3.63, 3.8) is 0 Å². The third-order valence-corrected chi connectivity index (χ3v) is 0. The average Bonchev–Trinajstić information content (AvgIpc) is 0. The summed E-state index contributed by atoms with van der Waals surface area (Å²) in [7, 11) is 0. The van der Waals surface area contributed by atoms with Crippen LogP contribution in [-0.4, -0.2) is 0 Å². The molecule has 1 radical (unpaired) electrons. The van der Waals surface area contributed by atoms with Gasteiger partial charge in [0.1, 0.15) is 0 Å². The zero-order valence-electron chi connectivity index (χ0n) is 3.01. The molecule has 0 amide bonds. The minimum Gasteiger partial charge on any atom is -1.00 e. The normalized spacial score (nSPS) is 0. The predicted octanol–water partition coefficient (Wildman–Crippen LogP) is -11.6. The maximum absolute atomic E-state index is 0. The third kappa shape index (κ3) is 74.5. The molecule has 0 fully saturated rings. The molecule has 0 spiro atoms. The Kier molecular flexibility index (Phi) is 5360. The molecule has 0 heterocycles. The van der Waals surface area contributed by atoms with Gasteiger partial charge in [-0.3, -0.25) is 0 Å². The molecule has 4 N–H and O–H groups in total. The van der Waals surface area contributed by atoms with E-state index in [1.165, 1.54) is 0 Å². The van der Waals surface area contributed by atoms with Crippen molar-refractivity contribution in [2.75, 3.05) is 0 Å². The molecule has 0 aromatic heterocycles. The van der Waals surface area contributed by atoms with Gasteiger partial charge in [-0.2, -0.15) is 0 Å². The van der Waals surface area contributed by atoms with Crippen molar-refractivity contribution in [1.29, 1.82) is 0 Å². The van der Waals surface area contributed by atoms with Gasteiger partial charge in [-0.25, -0.2) is 0 Å². The number of hydrogen-bond acceptors (Lipinski definition) is 0. The number of halogens is 4. The van der Waals surface area contributed by atoms with Gasteiger partial charge < -0.3 is 25.0 Å². The van der Waals surface area contributed by atoms with Crippen LogP contribution in [0.15, 0.2) is 0 Å². The summed E-state index contributed by atoms with van der Waals surface area (Å²) in [6.07, 6.45) is 0. The topological polar surface area (TPSA) is 36.5 Å². The van der Waals surface area contributed by atoms with Crippen LogP contribution in [0.4, 0.5) is 0 Å². The van der Waals surface area contributed by atoms with Gasteiger partial charge >= 0.3 is 41.7 Å². The smallest absolute Gasteiger partial charge is 1.00 e. The molecule has 0 saturated carbocycles. The van der Waals surface area contributed by atoms with Crippen LogP contribution >= 0.6 is 0 Å². The van der Waals surface area contributed by atoms with E-state index in [0.717, 1.165) is 0 Å². The second-order valence-corrected chi connectivity index (χ2v) is 0. The Morgan fingerprint density at radius 3 is 0.500 bits per heavy atom. The molecule has 0 atom stereocenters. The first kappa shape index (κ1) is 232. The van der Waals surface area contributed by atoms with Crippen molar-refractivity contribution in [3.05, 3.63) is 0 Å². The van der Waals surface area contributed by atoms with Crippen molar-refractivity contribution < 1.29 is 60.6 Å². The van der Waals surface area contributed by atoms with E-state index in [0.29, 0.717) is 0 Å². The van der Waals surface area contributed by atoms with Crippen LogP contribution < -0.4 is 25.0 Å². The van der Waals surface area contributed by atoms with Crippen molar-refractivity contribution in [1.82, 2.24) is 6.15 Å². The molecule has 41 valence electrons. The van der Waals surface area contributed by atoms with Gasteiger partial charge in [-0.1, -0.05) is 0 Å². The number of quaternary nitrogens is 1. The Labute approximate surface area is 66.3 Å². The van der Waals surface area contributed by atoms with Crippen molar-refractivity contribution in [2.24, 2.45) is 0 Å². The van der Waals surface area contributed by atoms with Crippen LogP contribution in [-0.2, 0) is 0 Å². The molecule has 0 aliphatic heterocycles. The summed E-state index contributed by atoms with van der Waals surface area (Å²) >= 11 is 0. The van der Waals surface area contributed by atoms with Crippen molar-refractivity contribution in [3.8, 4) is 0 Å². The van der Waals surface area contributed by atoms with Gasteiger partial charge in [0, 0.05) is 0 Å². The maximum atomic E-state index is 0. The van der Waals surface area contributed by atoms with Crippen LogP contribution in [0, 0.1) is 41.7 Å². The molecular weight excluding hydrogens is 230 g/mol. The summed E-state index contributed by atoms with van der Waals surface area (Å²) in [5.74, 6) is 0. The van der Waals surface area contributed by atoms with Gasteiger partial charge in [0.15, 0.2) is 0 Å². The van der Waals surface area contributed by atoms with E-state index in [9.17, 15) is 0 Å². The summed E-state index contributed by atoms with van der Waals surface area (Å²) in [6, 6.07) is 0. The van der Waals surface area contributed by atoms with Gasteiger partial charge in [-0.05, 0) is 0 Å². The standard InChI is InChI=1S/Ce.4FH.H3N/h;4*1H;1H3/q+3;;;;;/p-3. The fourth-order valence-corrected chi connectivity index (χ4v) is 0. The largest absolute Gasteiger partial charge is 3.00 e. The fourth-order valence-electron chi connectivity index (χ4n) is 0. The molecule has 6 heavy (non-hydrogen) atoms. The summed E-state index contributed by atoms with van der Waals surface area (Å²) in [4.78, 5) is 0. The van der Waals surface area contributed by atoms with Crippen LogP contribution in [0.25, 0.3) is 0 Å². The zero-order chi connectivity index (χ0) is 0. The Morgan fingerprint density at radius 1 is 0.500 bits per heavy atom. The molecule has 0 aliphatic rings. The van der Waals surface area contributed by atoms with E-state index in [4.69, 9.17) is 0 Å². The second kappa shape index (κ2) is 139. The molecule has 0 saturated heterocycles. The van der Waals surface area contributed by atoms with Crippen molar-refractivity contribution in [2.45, 2.75) is 0 Å². The van der Waals surface area contributed by atoms with Crippen molar-refractivity contribution >= 4 is 0 Å². The quantitative estimate of drug-likeness (QED) is 0.404. The van der Waals surface area contributed by atoms with E-state index >= 15 is 0 Å². The van der Waals surface area contributed by atoms with Gasteiger partial charge in [0.25, 0.3) is 0 Å². The van der Waals surface area contributed by atoms with Gasteiger partial charge in [-0.15, -0.1) is 0 Å². The zero-order valence-corrected chi connectivity index (χ0v) is 6.15. The summed E-state index contributed by atoms with van der Waals surface area (Å²) in [5, 5.41) is 0. The molecule has 0 unspecified atom stereocenters. The van der Waals surface area contributed by atoms with Crippen LogP contribution in [0.2, 0.25) is 0 Å². The monoisotopic (exact) mass is 234 g/mol. The number of hydrogen-bond donors (Lipinski definition) is 1. The fraction of sp³-hybridized carbons (Fsp3) is 0. The Bertz CT molecular complexity index is 7.51. The van der Waals surface area contributed by atoms with E-state index in [1.54, 1.807) is 0 Å². The van der Waals surface area contributed by atoms with E-state index in [1.807, 2.05) is 0 Å². The Morgan fingerprint density at radius 2 is 0.500 bits per heavy atom. The first-order valence-corrected chi connectivity index (χ1v) is 0. The Hall–Kier alpha value is 1.06. The summed E-state index contributed by atoms with van der Waals surface area (Å²) in [6.45, 7) is 0. The van der Waals surface area contributed by atoms with Crippen LogP contribution in [0.5, 0.6) is 0 Å². The molecule has 0 aliphatic carbocycles. The number of rotatable bonds is 0. The summed E-state index contributed by atoms with van der Waals surface area (Å²) < 4.78 is 0. The maximum Gasteiger partial charge on any atom is 3.00 e. The summed E-state index contributed by atoms with van der Waals surface area (Å²) in [5.41, 5.74) is 0. The molecule has 6 heteroatoms.